The van der Waals surface area contributed by atoms with Crippen LogP contribution >= 0.6 is 23.2 Å². The van der Waals surface area contributed by atoms with Gasteiger partial charge in [0.15, 0.2) is 5.78 Å². The number of hydrogen-bond donors (Lipinski definition) is 1. The standard InChI is InChI=1S/C24H18Cl2N2O3/c1-12-22(13(2)31-28-12)17-11-24(18-7-6-16(26)9-20(18)27-23(24)30)19(10-21(17)29)14-4-3-5-15(25)8-14/h3-9,11,19H,10H2,1-2H3,(H,27,30)/t19-,24-/m0/s1. The van der Waals surface area contributed by atoms with Gasteiger partial charge in [0.25, 0.3) is 0 Å². The van der Waals surface area contributed by atoms with Crippen molar-refractivity contribution in [2.24, 2.45) is 0 Å². The summed E-state index contributed by atoms with van der Waals surface area (Å²) >= 11 is 12.5. The molecule has 2 aliphatic rings. The second kappa shape index (κ2) is 7.08. The fraction of sp³-hybridized carbons (Fsp3) is 0.208. The maximum Gasteiger partial charge on any atom is 0.239 e. The van der Waals surface area contributed by atoms with E-state index in [1.165, 1.54) is 0 Å². The number of hydrogen-bond acceptors (Lipinski definition) is 4. The average Bonchev–Trinajstić information content (AvgIpc) is 3.19. The van der Waals surface area contributed by atoms with Gasteiger partial charge in [-0.25, -0.2) is 0 Å². The van der Waals surface area contributed by atoms with Crippen molar-refractivity contribution in [1.29, 1.82) is 0 Å². The number of Topliss-reactive ketones (excluding diaryl/α,β-unsaturated/α-hetero) is 1. The van der Waals surface area contributed by atoms with Crippen molar-refractivity contribution < 1.29 is 14.1 Å². The zero-order valence-electron chi connectivity index (χ0n) is 16.8. The lowest BCUT2D eigenvalue weighted by Crippen LogP contribution is -2.43. The Hall–Kier alpha value is -2.89. The van der Waals surface area contributed by atoms with Gasteiger partial charge in [-0.1, -0.05) is 52.6 Å². The Morgan fingerprint density at radius 3 is 2.58 bits per heavy atom. The fourth-order valence-corrected chi connectivity index (χ4v) is 5.24. The van der Waals surface area contributed by atoms with Crippen molar-refractivity contribution in [3.8, 4) is 0 Å². The molecule has 0 radical (unpaired) electrons. The Kier molecular flexibility index (Phi) is 4.57. The first kappa shape index (κ1) is 20.0. The molecular weight excluding hydrogens is 435 g/mol. The monoisotopic (exact) mass is 452 g/mol. The van der Waals surface area contributed by atoms with E-state index in [1.54, 1.807) is 38.1 Å². The highest BCUT2D eigenvalue weighted by Crippen LogP contribution is 2.54. The normalized spacial score (nSPS) is 22.5. The van der Waals surface area contributed by atoms with Crippen LogP contribution in [0.1, 0.15) is 40.5 Å². The minimum Gasteiger partial charge on any atom is -0.361 e. The zero-order valence-corrected chi connectivity index (χ0v) is 18.3. The number of aryl methyl sites for hydroxylation is 2. The molecule has 156 valence electrons. The summed E-state index contributed by atoms with van der Waals surface area (Å²) in [5.74, 6) is -0.153. The first-order chi connectivity index (χ1) is 14.8. The number of ketones is 1. The van der Waals surface area contributed by atoms with Gasteiger partial charge < -0.3 is 9.84 Å². The van der Waals surface area contributed by atoms with E-state index in [-0.39, 0.29) is 18.1 Å². The molecule has 1 aliphatic carbocycles. The van der Waals surface area contributed by atoms with Crippen molar-refractivity contribution in [1.82, 2.24) is 5.16 Å². The summed E-state index contributed by atoms with van der Waals surface area (Å²) in [6, 6.07) is 12.7. The molecule has 1 aromatic heterocycles. The van der Waals surface area contributed by atoms with Gasteiger partial charge in [0.2, 0.25) is 5.91 Å². The third kappa shape index (κ3) is 2.95. The molecule has 0 saturated heterocycles. The van der Waals surface area contributed by atoms with E-state index in [0.717, 1.165) is 11.1 Å². The van der Waals surface area contributed by atoms with Gasteiger partial charge in [-0.05, 0) is 49.2 Å². The molecule has 5 nitrogen and oxygen atoms in total. The topological polar surface area (TPSA) is 72.2 Å². The van der Waals surface area contributed by atoms with E-state index in [4.69, 9.17) is 27.7 Å². The molecule has 2 aromatic carbocycles. The Bertz CT molecular complexity index is 1270. The summed E-state index contributed by atoms with van der Waals surface area (Å²) in [5, 5.41) is 8.05. The van der Waals surface area contributed by atoms with E-state index in [9.17, 15) is 9.59 Å². The van der Waals surface area contributed by atoms with Crippen molar-refractivity contribution in [2.45, 2.75) is 31.6 Å². The molecule has 1 spiro atoms. The molecule has 7 heteroatoms. The molecule has 0 saturated carbocycles. The predicted octanol–water partition coefficient (Wildman–Crippen LogP) is 5.63. The van der Waals surface area contributed by atoms with Crippen LogP contribution in [0.4, 0.5) is 5.69 Å². The Balaban J connectivity index is 1.82. The van der Waals surface area contributed by atoms with E-state index in [0.29, 0.717) is 38.3 Å². The smallest absolute Gasteiger partial charge is 0.239 e. The van der Waals surface area contributed by atoms with Crippen molar-refractivity contribution in [2.75, 3.05) is 5.32 Å². The summed E-state index contributed by atoms with van der Waals surface area (Å²) < 4.78 is 5.31. The molecule has 1 amide bonds. The quantitative estimate of drug-likeness (QED) is 0.546. The van der Waals surface area contributed by atoms with Crippen LogP contribution in [-0.4, -0.2) is 16.8 Å². The lowest BCUT2D eigenvalue weighted by molar-refractivity contribution is -0.121. The number of nitrogens with zero attached hydrogens (tertiary/aromatic N) is 1. The molecule has 2 atom stereocenters. The number of carbonyl (C=O) groups is 2. The molecule has 0 bridgehead atoms. The van der Waals surface area contributed by atoms with Gasteiger partial charge in [0.1, 0.15) is 11.2 Å². The first-order valence-corrected chi connectivity index (χ1v) is 10.6. The number of aromatic nitrogens is 1. The molecule has 1 N–H and O–H groups in total. The van der Waals surface area contributed by atoms with Crippen LogP contribution < -0.4 is 5.32 Å². The van der Waals surface area contributed by atoms with Crippen molar-refractivity contribution in [3.63, 3.8) is 0 Å². The Labute approximate surface area is 189 Å². The Morgan fingerprint density at radius 2 is 1.87 bits per heavy atom. The van der Waals surface area contributed by atoms with Gasteiger partial charge in [-0.3, -0.25) is 9.59 Å². The number of fused-ring (bicyclic) bond motifs is 2. The van der Waals surface area contributed by atoms with E-state index < -0.39 is 11.3 Å². The largest absolute Gasteiger partial charge is 0.361 e. The summed E-state index contributed by atoms with van der Waals surface area (Å²) in [5.41, 5.74) is 2.87. The number of benzene rings is 2. The molecule has 2 heterocycles. The number of rotatable bonds is 2. The molecular formula is C24H18Cl2N2O3. The lowest BCUT2D eigenvalue weighted by atomic mass is 9.61. The average molecular weight is 453 g/mol. The van der Waals surface area contributed by atoms with Crippen LogP contribution in [0, 0.1) is 13.8 Å². The molecule has 0 unspecified atom stereocenters. The minimum absolute atomic E-state index is 0.0692. The van der Waals surface area contributed by atoms with Crippen LogP contribution in [0.15, 0.2) is 53.1 Å². The summed E-state index contributed by atoms with van der Waals surface area (Å²) in [7, 11) is 0. The maximum absolute atomic E-state index is 13.6. The summed E-state index contributed by atoms with van der Waals surface area (Å²) in [6.45, 7) is 3.56. The van der Waals surface area contributed by atoms with Crippen LogP contribution in [-0.2, 0) is 15.0 Å². The number of carbonyl (C=O) groups excluding carboxylic acids is 2. The number of halogens is 2. The van der Waals surface area contributed by atoms with E-state index >= 15 is 0 Å². The predicted molar refractivity (Wildman–Crippen MR) is 120 cm³/mol. The van der Waals surface area contributed by atoms with E-state index in [2.05, 4.69) is 10.5 Å². The van der Waals surface area contributed by atoms with Gasteiger partial charge >= 0.3 is 0 Å². The molecule has 3 aromatic rings. The minimum atomic E-state index is -1.09. The highest BCUT2D eigenvalue weighted by Gasteiger charge is 2.55. The molecule has 0 fully saturated rings. The van der Waals surface area contributed by atoms with Gasteiger partial charge in [-0.15, -0.1) is 0 Å². The third-order valence-corrected chi connectivity index (χ3v) is 6.69. The highest BCUT2D eigenvalue weighted by atomic mass is 35.5. The molecule has 5 rings (SSSR count). The van der Waals surface area contributed by atoms with Crippen LogP contribution in [0.25, 0.3) is 5.57 Å². The third-order valence-electron chi connectivity index (χ3n) is 6.22. The second-order valence-electron chi connectivity index (χ2n) is 8.01. The number of amides is 1. The number of allylic oxidation sites excluding steroid dienone is 1. The molecule has 1 aliphatic heterocycles. The highest BCUT2D eigenvalue weighted by molar-refractivity contribution is 6.31. The first-order valence-electron chi connectivity index (χ1n) is 9.87. The molecule has 31 heavy (non-hydrogen) atoms. The van der Waals surface area contributed by atoms with Crippen molar-refractivity contribution >= 4 is 46.2 Å². The SMILES string of the molecule is Cc1noc(C)c1C1=C[C@@]2(C(=O)Nc3cc(Cl)ccc32)[C@H](c2cccc(Cl)c2)CC1=O. The van der Waals surface area contributed by atoms with Gasteiger partial charge in [0, 0.05) is 33.6 Å². The maximum atomic E-state index is 13.6. The van der Waals surface area contributed by atoms with Crippen LogP contribution in [0.2, 0.25) is 10.0 Å². The zero-order chi connectivity index (χ0) is 21.9. The summed E-state index contributed by atoms with van der Waals surface area (Å²) in [4.78, 5) is 27.0. The number of nitrogens with one attached hydrogen (secondary N) is 1. The van der Waals surface area contributed by atoms with Gasteiger partial charge in [0.05, 0.1) is 11.3 Å². The van der Waals surface area contributed by atoms with Gasteiger partial charge in [-0.2, -0.15) is 0 Å². The van der Waals surface area contributed by atoms with E-state index in [1.807, 2.05) is 24.3 Å². The lowest BCUT2D eigenvalue weighted by Gasteiger charge is -2.38. The van der Waals surface area contributed by atoms with Crippen LogP contribution in [0.5, 0.6) is 0 Å². The van der Waals surface area contributed by atoms with Crippen LogP contribution in [0.3, 0.4) is 0 Å². The second-order valence-corrected chi connectivity index (χ2v) is 8.88. The number of anilines is 1. The Morgan fingerprint density at radius 1 is 1.10 bits per heavy atom. The fourth-order valence-electron chi connectivity index (χ4n) is 4.87. The summed E-state index contributed by atoms with van der Waals surface area (Å²) in [6.07, 6.45) is 1.93. The van der Waals surface area contributed by atoms with Crippen molar-refractivity contribution in [3.05, 3.63) is 86.7 Å².